The van der Waals surface area contributed by atoms with Gasteiger partial charge in [-0.05, 0) is 26.0 Å². The summed E-state index contributed by atoms with van der Waals surface area (Å²) in [7, 11) is 0. The van der Waals surface area contributed by atoms with Gasteiger partial charge in [-0.25, -0.2) is 4.79 Å². The largest absolute Gasteiger partial charge is 0.458 e. The smallest absolute Gasteiger partial charge is 0.330 e. The Balaban J connectivity index is 1.99. The van der Waals surface area contributed by atoms with Crippen LogP contribution in [0.5, 0.6) is 0 Å². The number of rotatable bonds is 1. The maximum Gasteiger partial charge on any atom is 0.330 e. The van der Waals surface area contributed by atoms with Crippen molar-refractivity contribution in [3.05, 3.63) is 35.4 Å². The number of hydrogen-bond donors (Lipinski definition) is 0. The van der Waals surface area contributed by atoms with Gasteiger partial charge in [0.05, 0.1) is 11.1 Å². The van der Waals surface area contributed by atoms with Gasteiger partial charge in [-0.1, -0.05) is 12.1 Å². The first-order valence-corrected chi connectivity index (χ1v) is 6.10. The van der Waals surface area contributed by atoms with E-state index in [1.807, 2.05) is 0 Å². The molecule has 3 rings (SSSR count). The SMILES string of the molecule is CC1(C)CC(N2C(=O)c3ccccc3C2=O)C(=O)O1. The summed E-state index contributed by atoms with van der Waals surface area (Å²) in [6, 6.07) is 5.78. The molecular formula is C14H13NO4. The highest BCUT2D eigenvalue weighted by molar-refractivity contribution is 6.22. The summed E-state index contributed by atoms with van der Waals surface area (Å²) in [6.07, 6.45) is 0.331. The third-order valence-electron chi connectivity index (χ3n) is 3.47. The van der Waals surface area contributed by atoms with Crippen molar-refractivity contribution in [1.82, 2.24) is 4.90 Å². The molecule has 2 aliphatic rings. The van der Waals surface area contributed by atoms with Crippen LogP contribution in [0.2, 0.25) is 0 Å². The van der Waals surface area contributed by atoms with Crippen LogP contribution in [0.1, 0.15) is 41.0 Å². The van der Waals surface area contributed by atoms with E-state index >= 15 is 0 Å². The molecule has 1 aromatic rings. The fraction of sp³-hybridized carbons (Fsp3) is 0.357. The van der Waals surface area contributed by atoms with Crippen molar-refractivity contribution in [3.63, 3.8) is 0 Å². The van der Waals surface area contributed by atoms with Crippen molar-refractivity contribution in [2.75, 3.05) is 0 Å². The number of carbonyl (C=O) groups is 3. The summed E-state index contributed by atoms with van der Waals surface area (Å²) in [5.41, 5.74) is 0.0619. The number of hydrogen-bond acceptors (Lipinski definition) is 4. The Morgan fingerprint density at radius 1 is 1.11 bits per heavy atom. The number of amides is 2. The van der Waals surface area contributed by atoms with E-state index in [-0.39, 0.29) is 0 Å². The van der Waals surface area contributed by atoms with Gasteiger partial charge in [-0.3, -0.25) is 14.5 Å². The van der Waals surface area contributed by atoms with Crippen LogP contribution in [-0.2, 0) is 9.53 Å². The lowest BCUT2D eigenvalue weighted by Crippen LogP contribution is -2.42. The molecule has 0 aliphatic carbocycles. The zero-order chi connectivity index (χ0) is 13.8. The molecule has 1 fully saturated rings. The normalized spacial score (nSPS) is 24.6. The molecule has 2 amide bonds. The molecule has 2 aliphatic heterocycles. The first-order valence-electron chi connectivity index (χ1n) is 6.10. The van der Waals surface area contributed by atoms with Gasteiger partial charge in [-0.15, -0.1) is 0 Å². The number of imide groups is 1. The zero-order valence-corrected chi connectivity index (χ0v) is 10.7. The molecule has 0 saturated carbocycles. The molecule has 0 bridgehead atoms. The summed E-state index contributed by atoms with van der Waals surface area (Å²) >= 11 is 0. The van der Waals surface area contributed by atoms with Gasteiger partial charge >= 0.3 is 5.97 Å². The molecular weight excluding hydrogens is 246 g/mol. The van der Waals surface area contributed by atoms with E-state index in [1.54, 1.807) is 38.1 Å². The van der Waals surface area contributed by atoms with Gasteiger partial charge in [0.1, 0.15) is 11.6 Å². The van der Waals surface area contributed by atoms with Crippen LogP contribution in [-0.4, -0.2) is 34.3 Å². The minimum Gasteiger partial charge on any atom is -0.458 e. The number of nitrogens with zero attached hydrogens (tertiary/aromatic N) is 1. The molecule has 0 spiro atoms. The van der Waals surface area contributed by atoms with Crippen LogP contribution in [0.3, 0.4) is 0 Å². The van der Waals surface area contributed by atoms with Gasteiger partial charge in [0.15, 0.2) is 0 Å². The predicted molar refractivity (Wildman–Crippen MR) is 65.5 cm³/mol. The van der Waals surface area contributed by atoms with Crippen molar-refractivity contribution in [3.8, 4) is 0 Å². The molecule has 0 N–H and O–H groups in total. The molecule has 1 atom stereocenters. The van der Waals surface area contributed by atoms with Crippen molar-refractivity contribution < 1.29 is 19.1 Å². The Labute approximate surface area is 110 Å². The van der Waals surface area contributed by atoms with Crippen molar-refractivity contribution in [2.45, 2.75) is 31.9 Å². The molecule has 5 heteroatoms. The van der Waals surface area contributed by atoms with E-state index in [4.69, 9.17) is 4.74 Å². The van der Waals surface area contributed by atoms with Crippen LogP contribution < -0.4 is 0 Å². The molecule has 0 radical (unpaired) electrons. The van der Waals surface area contributed by atoms with Crippen LogP contribution >= 0.6 is 0 Å². The lowest BCUT2D eigenvalue weighted by molar-refractivity contribution is -0.148. The Hall–Kier alpha value is -2.17. The minimum atomic E-state index is -0.817. The highest BCUT2D eigenvalue weighted by atomic mass is 16.6. The van der Waals surface area contributed by atoms with Crippen molar-refractivity contribution in [1.29, 1.82) is 0 Å². The van der Waals surface area contributed by atoms with E-state index < -0.39 is 29.4 Å². The molecule has 0 aromatic heterocycles. The van der Waals surface area contributed by atoms with Crippen molar-refractivity contribution in [2.24, 2.45) is 0 Å². The summed E-state index contributed by atoms with van der Waals surface area (Å²) in [4.78, 5) is 37.4. The van der Waals surface area contributed by atoms with E-state index in [0.717, 1.165) is 4.90 Å². The standard InChI is InChI=1S/C14H13NO4/c1-14(2)7-10(13(18)19-14)15-11(16)8-5-3-4-6-9(8)12(15)17/h3-6,10H,7H2,1-2H3. The van der Waals surface area contributed by atoms with Crippen LogP contribution in [0.25, 0.3) is 0 Å². The zero-order valence-electron chi connectivity index (χ0n) is 10.7. The Morgan fingerprint density at radius 3 is 2.05 bits per heavy atom. The molecule has 1 saturated heterocycles. The van der Waals surface area contributed by atoms with Gasteiger partial charge in [0.25, 0.3) is 11.8 Å². The second-order valence-electron chi connectivity index (χ2n) is 5.43. The summed E-state index contributed by atoms with van der Waals surface area (Å²) in [6.45, 7) is 3.53. The summed E-state index contributed by atoms with van der Waals surface area (Å²) < 4.78 is 5.18. The number of fused-ring (bicyclic) bond motifs is 1. The molecule has 1 aromatic carbocycles. The average Bonchev–Trinajstić information content (AvgIpc) is 2.75. The van der Waals surface area contributed by atoms with E-state index in [1.165, 1.54) is 0 Å². The van der Waals surface area contributed by atoms with Crippen LogP contribution in [0.4, 0.5) is 0 Å². The lowest BCUT2D eigenvalue weighted by atomic mass is 10.0. The van der Waals surface area contributed by atoms with E-state index in [0.29, 0.717) is 17.5 Å². The Kier molecular flexibility index (Phi) is 2.29. The van der Waals surface area contributed by atoms with Crippen LogP contribution in [0.15, 0.2) is 24.3 Å². The van der Waals surface area contributed by atoms with Crippen LogP contribution in [0, 0.1) is 0 Å². The average molecular weight is 259 g/mol. The Morgan fingerprint density at radius 2 is 1.63 bits per heavy atom. The first-order chi connectivity index (χ1) is 8.91. The number of cyclic esters (lactones) is 1. The molecule has 1 unspecified atom stereocenters. The lowest BCUT2D eigenvalue weighted by Gasteiger charge is -2.19. The molecule has 98 valence electrons. The highest BCUT2D eigenvalue weighted by Gasteiger charge is 2.50. The maximum absolute atomic E-state index is 12.2. The number of esters is 1. The Bertz CT molecular complexity index is 570. The second-order valence-corrected chi connectivity index (χ2v) is 5.43. The second kappa shape index (κ2) is 3.66. The first kappa shape index (κ1) is 11.9. The summed E-state index contributed by atoms with van der Waals surface area (Å²) in [5.74, 6) is -1.35. The van der Waals surface area contributed by atoms with Gasteiger partial charge in [0.2, 0.25) is 0 Å². The number of ether oxygens (including phenoxy) is 1. The maximum atomic E-state index is 12.2. The molecule has 2 heterocycles. The van der Waals surface area contributed by atoms with E-state index in [2.05, 4.69) is 0 Å². The fourth-order valence-corrected chi connectivity index (χ4v) is 2.62. The molecule has 5 nitrogen and oxygen atoms in total. The third-order valence-corrected chi connectivity index (χ3v) is 3.47. The fourth-order valence-electron chi connectivity index (χ4n) is 2.62. The number of carbonyl (C=O) groups excluding carboxylic acids is 3. The van der Waals surface area contributed by atoms with E-state index in [9.17, 15) is 14.4 Å². The van der Waals surface area contributed by atoms with Gasteiger partial charge in [-0.2, -0.15) is 0 Å². The quantitative estimate of drug-likeness (QED) is 0.564. The monoisotopic (exact) mass is 259 g/mol. The van der Waals surface area contributed by atoms with Crippen molar-refractivity contribution >= 4 is 17.8 Å². The minimum absolute atomic E-state index is 0.331. The van der Waals surface area contributed by atoms with Gasteiger partial charge in [0, 0.05) is 6.42 Å². The number of benzene rings is 1. The highest BCUT2D eigenvalue weighted by Crippen LogP contribution is 2.33. The third kappa shape index (κ3) is 1.65. The topological polar surface area (TPSA) is 63.7 Å². The van der Waals surface area contributed by atoms with Gasteiger partial charge < -0.3 is 4.74 Å². The summed E-state index contributed by atoms with van der Waals surface area (Å²) in [5, 5.41) is 0. The molecule has 19 heavy (non-hydrogen) atoms. The predicted octanol–water partition coefficient (Wildman–Crippen LogP) is 1.38.